The number of aryl methyl sites for hydroxylation is 1. The van der Waals surface area contributed by atoms with Gasteiger partial charge in [-0.3, -0.25) is 4.79 Å². The second-order valence-corrected chi connectivity index (χ2v) is 6.64. The molecule has 1 atom stereocenters. The first kappa shape index (κ1) is 18.4. The summed E-state index contributed by atoms with van der Waals surface area (Å²) >= 11 is 0. The summed E-state index contributed by atoms with van der Waals surface area (Å²) in [7, 11) is 1.32. The number of nitrogens with zero attached hydrogens (tertiary/aromatic N) is 3. The third kappa shape index (κ3) is 3.14. The zero-order chi connectivity index (χ0) is 20.7. The average molecular weight is 395 g/mol. The fourth-order valence-corrected chi connectivity index (χ4v) is 3.49. The number of methoxy groups -OCH3 is 1. The Morgan fingerprint density at radius 3 is 2.83 bits per heavy atom. The molecule has 4 N–H and O–H groups in total. The number of esters is 1. The molecule has 1 aromatic carbocycles. The van der Waals surface area contributed by atoms with Gasteiger partial charge >= 0.3 is 11.9 Å². The number of nitrogens with one attached hydrogen (secondary N) is 1. The number of amides is 1. The summed E-state index contributed by atoms with van der Waals surface area (Å²) in [5.41, 5.74) is 8.07. The highest BCUT2D eigenvalue weighted by Gasteiger charge is 2.27. The molecule has 4 rings (SSSR count). The fraction of sp³-hybridized carbons (Fsp3) is 0.211. The van der Waals surface area contributed by atoms with Crippen LogP contribution in [0.5, 0.6) is 0 Å². The summed E-state index contributed by atoms with van der Waals surface area (Å²) in [6.45, 7) is 0. The third-order valence-corrected chi connectivity index (χ3v) is 4.90. The second kappa shape index (κ2) is 6.89. The van der Waals surface area contributed by atoms with E-state index in [0.717, 1.165) is 21.7 Å². The number of nitrogens with two attached hydrogens (primary N) is 1. The van der Waals surface area contributed by atoms with Crippen molar-refractivity contribution in [3.05, 3.63) is 58.5 Å². The maximum atomic E-state index is 12.8. The molecule has 0 spiro atoms. The summed E-state index contributed by atoms with van der Waals surface area (Å²) < 4.78 is 5.81. The van der Waals surface area contributed by atoms with E-state index < -0.39 is 17.8 Å². The molecule has 2 heterocycles. The Morgan fingerprint density at radius 2 is 2.10 bits per heavy atom. The lowest BCUT2D eigenvalue weighted by Gasteiger charge is -2.14. The van der Waals surface area contributed by atoms with Crippen LogP contribution in [0.1, 0.15) is 54.9 Å². The lowest BCUT2D eigenvalue weighted by molar-refractivity contribution is 0.0599. The van der Waals surface area contributed by atoms with Crippen molar-refractivity contribution in [2.75, 3.05) is 12.8 Å². The molecule has 10 heteroatoms. The van der Waals surface area contributed by atoms with Crippen LogP contribution in [0.15, 0.2) is 30.5 Å². The van der Waals surface area contributed by atoms with E-state index in [9.17, 15) is 19.5 Å². The Bertz CT molecular complexity index is 1170. The van der Waals surface area contributed by atoms with Crippen molar-refractivity contribution >= 4 is 29.2 Å². The quantitative estimate of drug-likeness (QED) is 0.558. The van der Waals surface area contributed by atoms with Gasteiger partial charge in [0.1, 0.15) is 5.69 Å². The van der Waals surface area contributed by atoms with Crippen LogP contribution in [-0.4, -0.2) is 44.7 Å². The van der Waals surface area contributed by atoms with Crippen molar-refractivity contribution in [2.45, 2.75) is 18.9 Å². The summed E-state index contributed by atoms with van der Waals surface area (Å²) in [5.74, 6) is -2.20. The number of rotatable bonds is 4. The number of hydrogen-bond acceptors (Lipinski definition) is 7. The number of hydrogen-bond donors (Lipinski definition) is 3. The van der Waals surface area contributed by atoms with E-state index >= 15 is 0 Å². The Hall–Kier alpha value is -3.95. The van der Waals surface area contributed by atoms with Crippen LogP contribution in [0.2, 0.25) is 0 Å². The number of fused-ring (bicyclic) bond motifs is 2. The summed E-state index contributed by atoms with van der Waals surface area (Å²) in [6, 6.07) is 6.07. The molecule has 148 valence electrons. The number of carbonyl (C=O) groups excluding carboxylic acids is 2. The van der Waals surface area contributed by atoms with Gasteiger partial charge in [-0.1, -0.05) is 6.07 Å². The molecule has 0 saturated carbocycles. The standard InChI is InChI=1S/C19H17N5O5/c1-29-19(28)10-2-4-11-9(6-10)3-5-13(11)23-17(25)14-7-15(18(26)27)24-16(22-14)12(20)8-21-24/h2,4,6-8,13H,3,5,20H2,1H3,(H,23,25)(H,26,27)/t13-/m0/s1. The molecular formula is C19H17N5O5. The first-order valence-corrected chi connectivity index (χ1v) is 8.78. The van der Waals surface area contributed by atoms with E-state index in [2.05, 4.69) is 15.4 Å². The van der Waals surface area contributed by atoms with Crippen molar-refractivity contribution in [3.8, 4) is 0 Å². The Labute approximate surface area is 164 Å². The van der Waals surface area contributed by atoms with Crippen molar-refractivity contribution in [3.63, 3.8) is 0 Å². The van der Waals surface area contributed by atoms with E-state index in [1.807, 2.05) is 0 Å². The van der Waals surface area contributed by atoms with Crippen LogP contribution < -0.4 is 11.1 Å². The van der Waals surface area contributed by atoms with Crippen LogP contribution in [0, 0.1) is 0 Å². The Morgan fingerprint density at radius 1 is 1.31 bits per heavy atom. The number of ether oxygens (including phenoxy) is 1. The molecule has 1 aliphatic carbocycles. The van der Waals surface area contributed by atoms with Crippen LogP contribution in [-0.2, 0) is 11.2 Å². The summed E-state index contributed by atoms with van der Waals surface area (Å²) in [5, 5.41) is 16.2. The van der Waals surface area contributed by atoms with Gasteiger partial charge in [0, 0.05) is 6.07 Å². The maximum Gasteiger partial charge on any atom is 0.354 e. The minimum absolute atomic E-state index is 0.0678. The summed E-state index contributed by atoms with van der Waals surface area (Å²) in [6.07, 6.45) is 2.62. The number of carboxylic acid groups (broad SMARTS) is 1. The zero-order valence-electron chi connectivity index (χ0n) is 15.4. The van der Waals surface area contributed by atoms with Crippen molar-refractivity contribution in [1.82, 2.24) is 19.9 Å². The largest absolute Gasteiger partial charge is 0.477 e. The van der Waals surface area contributed by atoms with E-state index in [1.165, 1.54) is 13.3 Å². The molecule has 0 saturated heterocycles. The lowest BCUT2D eigenvalue weighted by Crippen LogP contribution is -2.28. The first-order valence-electron chi connectivity index (χ1n) is 8.78. The summed E-state index contributed by atoms with van der Waals surface area (Å²) in [4.78, 5) is 40.1. The molecule has 3 aromatic rings. The van der Waals surface area contributed by atoms with E-state index in [-0.39, 0.29) is 28.8 Å². The molecular weight excluding hydrogens is 378 g/mol. The predicted molar refractivity (Wildman–Crippen MR) is 101 cm³/mol. The number of aromatic nitrogens is 3. The van der Waals surface area contributed by atoms with Crippen molar-refractivity contribution < 1.29 is 24.2 Å². The van der Waals surface area contributed by atoms with Crippen LogP contribution in [0.25, 0.3) is 5.65 Å². The van der Waals surface area contributed by atoms with E-state index in [4.69, 9.17) is 10.5 Å². The third-order valence-electron chi connectivity index (χ3n) is 4.90. The number of aromatic carboxylic acids is 1. The van der Waals surface area contributed by atoms with Crippen molar-refractivity contribution in [2.24, 2.45) is 0 Å². The topological polar surface area (TPSA) is 149 Å². The van der Waals surface area contributed by atoms with Gasteiger partial charge in [0.25, 0.3) is 5.91 Å². The average Bonchev–Trinajstić information content (AvgIpc) is 3.29. The van der Waals surface area contributed by atoms with Crippen LogP contribution in [0.3, 0.4) is 0 Å². The highest BCUT2D eigenvalue weighted by molar-refractivity contribution is 5.97. The molecule has 0 aliphatic heterocycles. The lowest BCUT2D eigenvalue weighted by atomic mass is 10.0. The molecule has 10 nitrogen and oxygen atoms in total. The molecule has 0 bridgehead atoms. The van der Waals surface area contributed by atoms with Gasteiger partial charge in [0.15, 0.2) is 11.3 Å². The zero-order valence-corrected chi connectivity index (χ0v) is 15.4. The van der Waals surface area contributed by atoms with Gasteiger partial charge in [0.2, 0.25) is 0 Å². The Balaban J connectivity index is 1.62. The number of carbonyl (C=O) groups is 3. The number of anilines is 1. The fourth-order valence-electron chi connectivity index (χ4n) is 3.49. The smallest absolute Gasteiger partial charge is 0.354 e. The SMILES string of the molecule is COC(=O)c1ccc2c(c1)CC[C@@H]2NC(=O)c1cc(C(=O)O)n2ncc(N)c2n1. The first-order chi connectivity index (χ1) is 13.9. The molecule has 0 radical (unpaired) electrons. The molecule has 1 aliphatic rings. The van der Waals surface area contributed by atoms with Gasteiger partial charge in [-0.25, -0.2) is 19.1 Å². The molecule has 0 unspecified atom stereocenters. The highest BCUT2D eigenvalue weighted by Crippen LogP contribution is 2.32. The normalized spacial score (nSPS) is 15.1. The number of carboxylic acids is 1. The number of nitrogen functional groups attached to an aromatic ring is 1. The van der Waals surface area contributed by atoms with Crippen molar-refractivity contribution in [1.29, 1.82) is 0 Å². The van der Waals surface area contributed by atoms with E-state index in [0.29, 0.717) is 18.4 Å². The van der Waals surface area contributed by atoms with Crippen LogP contribution >= 0.6 is 0 Å². The molecule has 1 amide bonds. The maximum absolute atomic E-state index is 12.8. The Kier molecular flexibility index (Phi) is 4.38. The molecule has 2 aromatic heterocycles. The minimum atomic E-state index is -1.25. The van der Waals surface area contributed by atoms with Gasteiger partial charge in [0.05, 0.1) is 30.6 Å². The van der Waals surface area contributed by atoms with Gasteiger partial charge < -0.3 is 20.9 Å². The van der Waals surface area contributed by atoms with Gasteiger partial charge in [-0.05, 0) is 36.1 Å². The van der Waals surface area contributed by atoms with Crippen LogP contribution in [0.4, 0.5) is 5.69 Å². The highest BCUT2D eigenvalue weighted by atomic mass is 16.5. The number of benzene rings is 1. The van der Waals surface area contributed by atoms with Gasteiger partial charge in [-0.2, -0.15) is 5.10 Å². The molecule has 0 fully saturated rings. The monoisotopic (exact) mass is 395 g/mol. The molecule has 29 heavy (non-hydrogen) atoms. The van der Waals surface area contributed by atoms with E-state index in [1.54, 1.807) is 18.2 Å². The minimum Gasteiger partial charge on any atom is -0.477 e. The second-order valence-electron chi connectivity index (χ2n) is 6.64. The predicted octanol–water partition coefficient (Wildman–Crippen LogP) is 1.21. The van der Waals surface area contributed by atoms with Gasteiger partial charge in [-0.15, -0.1) is 0 Å².